The molecule has 2 heterocycles. The van der Waals surface area contributed by atoms with E-state index in [4.69, 9.17) is 22.1 Å². The van der Waals surface area contributed by atoms with Gasteiger partial charge in [0.05, 0.1) is 18.9 Å². The zero-order valence-electron chi connectivity index (χ0n) is 15.5. The van der Waals surface area contributed by atoms with Crippen molar-refractivity contribution in [1.29, 1.82) is 0 Å². The summed E-state index contributed by atoms with van der Waals surface area (Å²) in [5, 5.41) is 3.95. The molecule has 7 nitrogen and oxygen atoms in total. The molecule has 1 saturated heterocycles. The molecule has 0 bridgehead atoms. The first-order valence-electron chi connectivity index (χ1n) is 8.92. The lowest BCUT2D eigenvalue weighted by atomic mass is 10.2. The van der Waals surface area contributed by atoms with Gasteiger partial charge in [-0.25, -0.2) is 9.38 Å². The predicted octanol–water partition coefficient (Wildman–Crippen LogP) is 3.12. The van der Waals surface area contributed by atoms with Gasteiger partial charge in [-0.1, -0.05) is 17.7 Å². The molecule has 0 saturated carbocycles. The van der Waals surface area contributed by atoms with E-state index in [0.29, 0.717) is 43.0 Å². The van der Waals surface area contributed by atoms with Crippen molar-refractivity contribution in [2.45, 2.75) is 6.29 Å². The van der Waals surface area contributed by atoms with E-state index in [0.717, 1.165) is 5.69 Å². The highest BCUT2D eigenvalue weighted by Crippen LogP contribution is 2.25. The molecule has 1 fully saturated rings. The minimum Gasteiger partial charge on any atom is -0.378 e. The molecule has 1 atom stereocenters. The molecule has 0 radical (unpaired) electrons. The first-order valence-corrected chi connectivity index (χ1v) is 9.29. The number of hydrogen-bond donors (Lipinski definition) is 2. The van der Waals surface area contributed by atoms with E-state index in [9.17, 15) is 4.39 Å². The third-order valence-electron chi connectivity index (χ3n) is 4.45. The quantitative estimate of drug-likeness (QED) is 0.769. The van der Waals surface area contributed by atoms with Crippen LogP contribution in [-0.4, -0.2) is 49.4 Å². The Balaban J connectivity index is 0.00000240. The maximum absolute atomic E-state index is 14.0. The van der Waals surface area contributed by atoms with E-state index in [2.05, 4.69) is 20.2 Å². The summed E-state index contributed by atoms with van der Waals surface area (Å²) in [5.74, 6) is 0.417. The molecule has 2 aromatic rings. The lowest BCUT2D eigenvalue weighted by Crippen LogP contribution is -2.57. The number of morpholine rings is 1. The van der Waals surface area contributed by atoms with E-state index < -0.39 is 6.29 Å². The maximum atomic E-state index is 14.0. The molecule has 1 unspecified atom stereocenters. The van der Waals surface area contributed by atoms with Crippen LogP contribution in [0.5, 0.6) is 0 Å². The van der Waals surface area contributed by atoms with Gasteiger partial charge in [0.25, 0.3) is 0 Å². The van der Waals surface area contributed by atoms with Crippen LogP contribution in [0, 0.1) is 5.82 Å². The van der Waals surface area contributed by atoms with Crippen molar-refractivity contribution < 1.29 is 9.13 Å². The van der Waals surface area contributed by atoms with Gasteiger partial charge in [0.15, 0.2) is 0 Å². The monoisotopic (exact) mass is 438 g/mol. The molecular weight excluding hydrogens is 418 g/mol. The summed E-state index contributed by atoms with van der Waals surface area (Å²) in [6, 6.07) is 13.6. The molecule has 2 aromatic carbocycles. The van der Waals surface area contributed by atoms with Gasteiger partial charge in [0.2, 0.25) is 18.2 Å². The van der Waals surface area contributed by atoms with Crippen LogP contribution in [0.2, 0.25) is 5.02 Å². The topological polar surface area (TPSA) is 78.5 Å². The number of rotatable bonds is 3. The molecule has 3 N–H and O–H groups in total. The van der Waals surface area contributed by atoms with E-state index in [1.165, 1.54) is 12.1 Å². The number of halogens is 3. The molecule has 10 heteroatoms. The van der Waals surface area contributed by atoms with Crippen LogP contribution in [-0.2, 0) is 4.74 Å². The van der Waals surface area contributed by atoms with Crippen molar-refractivity contribution in [3.8, 4) is 0 Å². The number of guanidine groups is 2. The second-order valence-corrected chi connectivity index (χ2v) is 6.81. The molecule has 0 aliphatic carbocycles. The normalized spacial score (nSPS) is 19.2. The van der Waals surface area contributed by atoms with Crippen molar-refractivity contribution >= 4 is 47.3 Å². The van der Waals surface area contributed by atoms with Gasteiger partial charge in [-0.05, 0) is 42.5 Å². The van der Waals surface area contributed by atoms with Crippen LogP contribution in [0.1, 0.15) is 0 Å². The standard InChI is InChI=1S/C19H20ClFN6O.ClH/c20-13-4-6-15(7-5-13)23-18-24-17(22)25-19(26-8-10-28-11-9-26)27(18)16-3-1-2-14(21)12-16;/h1-7,12,18,23H,8-11H2,(H2,22,24);1H. The van der Waals surface area contributed by atoms with Gasteiger partial charge in [0, 0.05) is 23.8 Å². The summed E-state index contributed by atoms with van der Waals surface area (Å²) < 4.78 is 19.4. The van der Waals surface area contributed by atoms with Crippen LogP contribution in [0.3, 0.4) is 0 Å². The minimum atomic E-state index is -0.599. The highest BCUT2D eigenvalue weighted by atomic mass is 35.5. The highest BCUT2D eigenvalue weighted by molar-refractivity contribution is 6.30. The predicted molar refractivity (Wildman–Crippen MR) is 116 cm³/mol. The summed E-state index contributed by atoms with van der Waals surface area (Å²) in [5.41, 5.74) is 7.43. The third-order valence-corrected chi connectivity index (χ3v) is 4.70. The van der Waals surface area contributed by atoms with Crippen molar-refractivity contribution in [2.75, 3.05) is 36.5 Å². The second kappa shape index (κ2) is 9.30. The fourth-order valence-corrected chi connectivity index (χ4v) is 3.26. The molecule has 29 heavy (non-hydrogen) atoms. The van der Waals surface area contributed by atoms with Crippen molar-refractivity contribution in [3.05, 3.63) is 59.4 Å². The Kier molecular flexibility index (Phi) is 6.79. The number of anilines is 2. The number of nitrogens with two attached hydrogens (primary N) is 1. The van der Waals surface area contributed by atoms with Gasteiger partial charge in [-0.3, -0.25) is 4.90 Å². The largest absolute Gasteiger partial charge is 0.378 e. The van der Waals surface area contributed by atoms with Crippen LogP contribution < -0.4 is 16.0 Å². The fraction of sp³-hybridized carbons (Fsp3) is 0.263. The van der Waals surface area contributed by atoms with Crippen LogP contribution in [0.4, 0.5) is 15.8 Å². The number of nitrogens with zero attached hydrogens (tertiary/aromatic N) is 4. The van der Waals surface area contributed by atoms with Gasteiger partial charge in [-0.15, -0.1) is 12.4 Å². The average Bonchev–Trinajstić information content (AvgIpc) is 2.70. The van der Waals surface area contributed by atoms with Crippen molar-refractivity contribution in [1.82, 2.24) is 4.90 Å². The Morgan fingerprint density at radius 2 is 1.86 bits per heavy atom. The maximum Gasteiger partial charge on any atom is 0.222 e. The van der Waals surface area contributed by atoms with Crippen LogP contribution in [0.15, 0.2) is 58.5 Å². The summed E-state index contributed by atoms with van der Waals surface area (Å²) in [4.78, 5) is 12.8. The minimum absolute atomic E-state index is 0. The summed E-state index contributed by atoms with van der Waals surface area (Å²) >= 11 is 5.98. The molecule has 2 aliphatic rings. The van der Waals surface area contributed by atoms with Crippen molar-refractivity contribution in [2.24, 2.45) is 15.7 Å². The molecular formula is C19H21Cl2FN6O. The first-order chi connectivity index (χ1) is 13.6. The molecule has 0 spiro atoms. The van der Waals surface area contributed by atoms with E-state index in [-0.39, 0.29) is 24.2 Å². The Hall–Kier alpha value is -2.55. The molecule has 2 aliphatic heterocycles. The first kappa shape index (κ1) is 21.2. The van der Waals surface area contributed by atoms with E-state index >= 15 is 0 Å². The highest BCUT2D eigenvalue weighted by Gasteiger charge is 2.32. The van der Waals surface area contributed by atoms with E-state index in [1.807, 2.05) is 23.1 Å². The number of aliphatic imine (C=N–C) groups is 2. The summed E-state index contributed by atoms with van der Waals surface area (Å²) in [7, 11) is 0. The lowest BCUT2D eigenvalue weighted by Gasteiger charge is -2.41. The van der Waals surface area contributed by atoms with Crippen LogP contribution >= 0.6 is 24.0 Å². The van der Waals surface area contributed by atoms with Crippen LogP contribution in [0.25, 0.3) is 0 Å². The molecule has 0 aromatic heterocycles. The number of ether oxygens (including phenoxy) is 1. The summed E-state index contributed by atoms with van der Waals surface area (Å²) in [6.07, 6.45) is -0.599. The lowest BCUT2D eigenvalue weighted by molar-refractivity contribution is 0.0671. The number of benzene rings is 2. The SMILES string of the molecule is Cl.NC1=NC(Nc2ccc(Cl)cc2)N(c2cccc(F)c2)C(N2CCOCC2)=N1. The van der Waals surface area contributed by atoms with Gasteiger partial charge in [-0.2, -0.15) is 4.99 Å². The molecule has 0 amide bonds. The molecule has 4 rings (SSSR count). The zero-order valence-corrected chi connectivity index (χ0v) is 17.0. The Bertz CT molecular complexity index is 902. The zero-order chi connectivity index (χ0) is 19.5. The molecule has 154 valence electrons. The third kappa shape index (κ3) is 4.90. The second-order valence-electron chi connectivity index (χ2n) is 6.37. The number of nitrogens with one attached hydrogen (secondary N) is 1. The van der Waals surface area contributed by atoms with Crippen molar-refractivity contribution in [3.63, 3.8) is 0 Å². The fourth-order valence-electron chi connectivity index (χ4n) is 3.14. The van der Waals surface area contributed by atoms with Gasteiger partial charge >= 0.3 is 0 Å². The summed E-state index contributed by atoms with van der Waals surface area (Å²) in [6.45, 7) is 2.49. The number of hydrogen-bond acceptors (Lipinski definition) is 7. The Morgan fingerprint density at radius 1 is 1.14 bits per heavy atom. The van der Waals surface area contributed by atoms with Gasteiger partial charge < -0.3 is 20.7 Å². The Labute approximate surface area is 179 Å². The average molecular weight is 439 g/mol. The Morgan fingerprint density at radius 3 is 2.55 bits per heavy atom. The van der Waals surface area contributed by atoms with E-state index in [1.54, 1.807) is 18.2 Å². The smallest absolute Gasteiger partial charge is 0.222 e. The van der Waals surface area contributed by atoms with Gasteiger partial charge in [0.1, 0.15) is 5.82 Å².